The van der Waals surface area contributed by atoms with Crippen LogP contribution in [0.4, 0.5) is 4.39 Å². The Balaban J connectivity index is 2.45. The monoisotopic (exact) mass is 199 g/mol. The smallest absolute Gasteiger partial charge is 0.124 e. The Hall–Kier alpha value is -0.540. The van der Waals surface area contributed by atoms with E-state index in [1.54, 1.807) is 17.8 Å². The molecular weight excluding hydrogens is 185 g/mol. The maximum Gasteiger partial charge on any atom is 0.124 e. The highest BCUT2D eigenvalue weighted by molar-refractivity contribution is 7.99. The van der Waals surface area contributed by atoms with E-state index in [2.05, 4.69) is 6.92 Å². The molecule has 1 nitrogen and oxygen atoms in total. The van der Waals surface area contributed by atoms with Crippen molar-refractivity contribution < 1.29 is 4.39 Å². The van der Waals surface area contributed by atoms with Gasteiger partial charge in [-0.15, -0.1) is 11.8 Å². The minimum Gasteiger partial charge on any atom is -0.327 e. The Morgan fingerprint density at radius 3 is 2.92 bits per heavy atom. The highest BCUT2D eigenvalue weighted by atomic mass is 32.2. The van der Waals surface area contributed by atoms with Crippen molar-refractivity contribution >= 4 is 11.8 Å². The van der Waals surface area contributed by atoms with Crippen molar-refractivity contribution in [2.75, 3.05) is 5.75 Å². The van der Waals surface area contributed by atoms with Crippen LogP contribution in [-0.2, 0) is 0 Å². The summed E-state index contributed by atoms with van der Waals surface area (Å²) in [5, 5.41) is 0. The van der Waals surface area contributed by atoms with Crippen LogP contribution in [0, 0.1) is 5.82 Å². The quantitative estimate of drug-likeness (QED) is 0.754. The van der Waals surface area contributed by atoms with Gasteiger partial charge in [-0.25, -0.2) is 4.39 Å². The number of rotatable bonds is 4. The van der Waals surface area contributed by atoms with Gasteiger partial charge in [0.1, 0.15) is 5.82 Å². The van der Waals surface area contributed by atoms with Crippen LogP contribution in [-0.4, -0.2) is 11.8 Å². The van der Waals surface area contributed by atoms with Crippen molar-refractivity contribution in [3.8, 4) is 0 Å². The summed E-state index contributed by atoms with van der Waals surface area (Å²) in [4.78, 5) is 0.948. The molecule has 1 aromatic rings. The molecule has 0 amide bonds. The molecule has 0 aliphatic carbocycles. The van der Waals surface area contributed by atoms with Crippen LogP contribution >= 0.6 is 11.8 Å². The average molecular weight is 199 g/mol. The molecule has 0 aliphatic rings. The summed E-state index contributed by atoms with van der Waals surface area (Å²) in [6, 6.07) is 6.80. The van der Waals surface area contributed by atoms with E-state index in [-0.39, 0.29) is 11.9 Å². The Bertz CT molecular complexity index is 265. The van der Waals surface area contributed by atoms with Crippen LogP contribution in [0.15, 0.2) is 29.2 Å². The number of hydrogen-bond donors (Lipinski definition) is 1. The molecular formula is C10H14FNS. The molecule has 0 bridgehead atoms. The lowest BCUT2D eigenvalue weighted by Gasteiger charge is -2.07. The molecule has 0 aromatic heterocycles. The summed E-state index contributed by atoms with van der Waals surface area (Å²) >= 11 is 1.60. The number of thioether (sulfide) groups is 1. The van der Waals surface area contributed by atoms with Gasteiger partial charge in [0.2, 0.25) is 0 Å². The van der Waals surface area contributed by atoms with E-state index in [1.165, 1.54) is 12.1 Å². The van der Waals surface area contributed by atoms with Gasteiger partial charge in [-0.05, 0) is 24.6 Å². The molecule has 2 N–H and O–H groups in total. The summed E-state index contributed by atoms with van der Waals surface area (Å²) in [5.41, 5.74) is 5.74. The molecule has 0 aliphatic heterocycles. The molecule has 0 radical (unpaired) electrons. The zero-order valence-corrected chi connectivity index (χ0v) is 8.48. The second-order valence-corrected chi connectivity index (χ2v) is 4.03. The molecule has 1 aromatic carbocycles. The van der Waals surface area contributed by atoms with E-state index in [1.807, 2.05) is 6.07 Å². The average Bonchev–Trinajstić information content (AvgIpc) is 2.14. The third kappa shape index (κ3) is 3.79. The number of halogens is 1. The van der Waals surface area contributed by atoms with Crippen molar-refractivity contribution in [1.82, 2.24) is 0 Å². The van der Waals surface area contributed by atoms with Gasteiger partial charge in [-0.2, -0.15) is 0 Å². The molecule has 13 heavy (non-hydrogen) atoms. The fourth-order valence-corrected chi connectivity index (χ4v) is 1.89. The minimum absolute atomic E-state index is 0.185. The van der Waals surface area contributed by atoms with Crippen LogP contribution in [0.5, 0.6) is 0 Å². The first-order chi connectivity index (χ1) is 6.22. The molecule has 0 saturated carbocycles. The van der Waals surface area contributed by atoms with E-state index in [0.717, 1.165) is 17.1 Å². The zero-order valence-electron chi connectivity index (χ0n) is 7.66. The molecule has 0 spiro atoms. The highest BCUT2D eigenvalue weighted by Gasteiger charge is 2.00. The summed E-state index contributed by atoms with van der Waals surface area (Å²) in [7, 11) is 0. The summed E-state index contributed by atoms with van der Waals surface area (Å²) in [6.07, 6.45) is 0.961. The number of nitrogens with two attached hydrogens (primary N) is 1. The van der Waals surface area contributed by atoms with E-state index >= 15 is 0 Å². The van der Waals surface area contributed by atoms with Gasteiger partial charge >= 0.3 is 0 Å². The first kappa shape index (κ1) is 10.5. The lowest BCUT2D eigenvalue weighted by molar-refractivity contribution is 0.624. The second kappa shape index (κ2) is 5.25. The molecule has 1 rings (SSSR count). The maximum absolute atomic E-state index is 12.7. The van der Waals surface area contributed by atoms with Crippen molar-refractivity contribution in [3.63, 3.8) is 0 Å². The highest BCUT2D eigenvalue weighted by Crippen LogP contribution is 2.19. The lowest BCUT2D eigenvalue weighted by Crippen LogP contribution is -2.21. The summed E-state index contributed by atoms with van der Waals surface area (Å²) in [6.45, 7) is 2.05. The molecule has 0 heterocycles. The first-order valence-corrected chi connectivity index (χ1v) is 5.35. The van der Waals surface area contributed by atoms with Gasteiger partial charge in [0.15, 0.2) is 0 Å². The first-order valence-electron chi connectivity index (χ1n) is 4.36. The lowest BCUT2D eigenvalue weighted by atomic mass is 10.3. The molecule has 3 heteroatoms. The van der Waals surface area contributed by atoms with Crippen LogP contribution in [0.2, 0.25) is 0 Å². The predicted octanol–water partition coefficient (Wildman–Crippen LogP) is 2.66. The minimum atomic E-state index is -0.185. The van der Waals surface area contributed by atoms with E-state index < -0.39 is 0 Å². The van der Waals surface area contributed by atoms with Crippen molar-refractivity contribution in [3.05, 3.63) is 30.1 Å². The second-order valence-electron chi connectivity index (χ2n) is 2.94. The fraction of sp³-hybridized carbons (Fsp3) is 0.400. The van der Waals surface area contributed by atoms with Gasteiger partial charge < -0.3 is 5.73 Å². The van der Waals surface area contributed by atoms with Gasteiger partial charge in [0.25, 0.3) is 0 Å². The molecule has 72 valence electrons. The SMILES string of the molecule is CCC(N)CSc1cccc(F)c1. The van der Waals surface area contributed by atoms with Gasteiger partial charge in [0.05, 0.1) is 0 Å². The summed E-state index contributed by atoms with van der Waals surface area (Å²) in [5.74, 6) is 0.662. The van der Waals surface area contributed by atoms with Gasteiger partial charge in [0, 0.05) is 16.7 Å². The normalized spacial score (nSPS) is 12.8. The molecule has 0 fully saturated rings. The van der Waals surface area contributed by atoms with Crippen LogP contribution in [0.3, 0.4) is 0 Å². The van der Waals surface area contributed by atoms with Crippen LogP contribution < -0.4 is 5.73 Å². The van der Waals surface area contributed by atoms with Crippen molar-refractivity contribution in [2.45, 2.75) is 24.3 Å². The van der Waals surface area contributed by atoms with E-state index in [0.29, 0.717) is 0 Å². The Morgan fingerprint density at radius 1 is 1.54 bits per heavy atom. The number of benzene rings is 1. The third-order valence-electron chi connectivity index (χ3n) is 1.78. The van der Waals surface area contributed by atoms with Crippen LogP contribution in [0.25, 0.3) is 0 Å². The Labute approximate surface area is 82.5 Å². The fourth-order valence-electron chi connectivity index (χ4n) is 0.878. The van der Waals surface area contributed by atoms with Crippen molar-refractivity contribution in [2.24, 2.45) is 5.73 Å². The van der Waals surface area contributed by atoms with Crippen LogP contribution in [0.1, 0.15) is 13.3 Å². The number of hydrogen-bond acceptors (Lipinski definition) is 2. The topological polar surface area (TPSA) is 26.0 Å². The summed E-state index contributed by atoms with van der Waals surface area (Å²) < 4.78 is 12.7. The standard InChI is InChI=1S/C10H14FNS/c1-2-9(12)7-13-10-5-3-4-8(11)6-10/h3-6,9H,2,7,12H2,1H3. The van der Waals surface area contributed by atoms with E-state index in [4.69, 9.17) is 5.73 Å². The molecule has 1 atom stereocenters. The Morgan fingerprint density at radius 2 is 2.31 bits per heavy atom. The van der Waals surface area contributed by atoms with E-state index in [9.17, 15) is 4.39 Å². The predicted molar refractivity (Wildman–Crippen MR) is 55.4 cm³/mol. The molecule has 0 saturated heterocycles. The third-order valence-corrected chi connectivity index (χ3v) is 2.97. The Kier molecular flexibility index (Phi) is 4.25. The maximum atomic E-state index is 12.7. The van der Waals surface area contributed by atoms with Crippen molar-refractivity contribution in [1.29, 1.82) is 0 Å². The molecule has 1 unspecified atom stereocenters. The largest absolute Gasteiger partial charge is 0.327 e. The van der Waals surface area contributed by atoms with Gasteiger partial charge in [-0.3, -0.25) is 0 Å². The van der Waals surface area contributed by atoms with Gasteiger partial charge in [-0.1, -0.05) is 13.0 Å². The zero-order chi connectivity index (χ0) is 9.68.